The lowest BCUT2D eigenvalue weighted by atomic mass is 10.2. The first-order valence-corrected chi connectivity index (χ1v) is 5.08. The van der Waals surface area contributed by atoms with Crippen molar-refractivity contribution in [3.05, 3.63) is 42.5 Å². The third kappa shape index (κ3) is 3.41. The van der Waals surface area contributed by atoms with E-state index in [0.717, 1.165) is 5.56 Å². The van der Waals surface area contributed by atoms with E-state index in [2.05, 4.69) is 15.3 Å². The summed E-state index contributed by atoms with van der Waals surface area (Å²) in [6, 6.07) is 6.95. The van der Waals surface area contributed by atoms with Gasteiger partial charge < -0.3 is 9.84 Å². The van der Waals surface area contributed by atoms with Gasteiger partial charge in [-0.1, -0.05) is 12.1 Å². The Bertz CT molecular complexity index is 551. The number of hydrogen-bond acceptors (Lipinski definition) is 5. The number of carboxylic acids is 1. The van der Waals surface area contributed by atoms with Crippen LogP contribution >= 0.6 is 0 Å². The SMILES string of the molecule is O=C(O)COc1cccc(/C=N\n2cnnc2)c1. The van der Waals surface area contributed by atoms with Gasteiger partial charge in [-0.05, 0) is 17.7 Å². The number of rotatable bonds is 5. The van der Waals surface area contributed by atoms with Crippen molar-refractivity contribution in [2.24, 2.45) is 5.10 Å². The van der Waals surface area contributed by atoms with Gasteiger partial charge in [-0.2, -0.15) is 5.10 Å². The molecule has 0 aliphatic carbocycles. The first kappa shape index (κ1) is 11.8. The van der Waals surface area contributed by atoms with Crippen molar-refractivity contribution in [1.82, 2.24) is 14.9 Å². The van der Waals surface area contributed by atoms with Crippen molar-refractivity contribution < 1.29 is 14.6 Å². The summed E-state index contributed by atoms with van der Waals surface area (Å²) in [4.78, 5) is 10.4. The van der Waals surface area contributed by atoms with Gasteiger partial charge in [0, 0.05) is 0 Å². The van der Waals surface area contributed by atoms with Gasteiger partial charge in [0.2, 0.25) is 0 Å². The normalized spacial score (nSPS) is 10.7. The number of carboxylic acid groups (broad SMARTS) is 1. The van der Waals surface area contributed by atoms with Gasteiger partial charge in [0.15, 0.2) is 6.61 Å². The highest BCUT2D eigenvalue weighted by Gasteiger charge is 1.99. The van der Waals surface area contributed by atoms with Crippen LogP contribution in [0.3, 0.4) is 0 Å². The van der Waals surface area contributed by atoms with Crippen molar-refractivity contribution >= 4 is 12.2 Å². The summed E-state index contributed by atoms with van der Waals surface area (Å²) in [7, 11) is 0. The molecule has 0 fully saturated rings. The molecule has 7 nitrogen and oxygen atoms in total. The topological polar surface area (TPSA) is 89.6 Å². The monoisotopic (exact) mass is 246 g/mol. The van der Waals surface area contributed by atoms with Gasteiger partial charge in [0.1, 0.15) is 18.4 Å². The molecule has 0 amide bonds. The summed E-state index contributed by atoms with van der Waals surface area (Å²) in [5.41, 5.74) is 0.784. The van der Waals surface area contributed by atoms with E-state index in [9.17, 15) is 4.79 Å². The zero-order valence-electron chi connectivity index (χ0n) is 9.30. The Labute approximate surface area is 102 Å². The molecule has 2 rings (SSSR count). The smallest absolute Gasteiger partial charge is 0.341 e. The highest BCUT2D eigenvalue weighted by Crippen LogP contribution is 2.11. The molecule has 0 atom stereocenters. The van der Waals surface area contributed by atoms with Crippen molar-refractivity contribution in [2.75, 3.05) is 6.61 Å². The minimum absolute atomic E-state index is 0.369. The average Bonchev–Trinajstić information content (AvgIpc) is 2.87. The first-order valence-electron chi connectivity index (χ1n) is 5.08. The Balaban J connectivity index is 2.05. The lowest BCUT2D eigenvalue weighted by Gasteiger charge is -2.03. The molecule has 0 unspecified atom stereocenters. The second-order valence-corrected chi connectivity index (χ2v) is 3.34. The van der Waals surface area contributed by atoms with Gasteiger partial charge in [-0.25, -0.2) is 9.47 Å². The van der Waals surface area contributed by atoms with E-state index in [-0.39, 0.29) is 6.61 Å². The molecule has 0 saturated heterocycles. The fraction of sp³-hybridized carbons (Fsp3) is 0.0909. The molecule has 0 radical (unpaired) electrons. The predicted octanol–water partition coefficient (Wildman–Crippen LogP) is 0.624. The molecule has 0 aliphatic rings. The maximum absolute atomic E-state index is 10.4. The largest absolute Gasteiger partial charge is 0.482 e. The Morgan fingerprint density at radius 3 is 2.94 bits per heavy atom. The summed E-state index contributed by atoms with van der Waals surface area (Å²) in [6.07, 6.45) is 4.51. The number of aromatic nitrogens is 3. The standard InChI is InChI=1S/C11H10N4O3/c16-11(17)6-18-10-3-1-2-9(4-10)5-14-15-7-12-13-8-15/h1-5,7-8H,6H2,(H,16,17)/b14-5-. The highest BCUT2D eigenvalue weighted by molar-refractivity contribution is 5.80. The van der Waals surface area contributed by atoms with Crippen LogP contribution in [0, 0.1) is 0 Å². The zero-order valence-corrected chi connectivity index (χ0v) is 9.30. The quantitative estimate of drug-likeness (QED) is 0.781. The van der Waals surface area contributed by atoms with Crippen LogP contribution in [0.4, 0.5) is 0 Å². The molecule has 1 aromatic heterocycles. The van der Waals surface area contributed by atoms with Crippen LogP contribution in [0.1, 0.15) is 5.56 Å². The predicted molar refractivity (Wildman–Crippen MR) is 62.6 cm³/mol. The molecule has 1 N–H and O–H groups in total. The molecule has 0 spiro atoms. The number of aliphatic carboxylic acids is 1. The molecule has 18 heavy (non-hydrogen) atoms. The summed E-state index contributed by atoms with van der Waals surface area (Å²) in [5, 5.41) is 19.8. The summed E-state index contributed by atoms with van der Waals surface area (Å²) >= 11 is 0. The maximum Gasteiger partial charge on any atom is 0.341 e. The van der Waals surface area contributed by atoms with Crippen LogP contribution in [-0.2, 0) is 4.79 Å². The van der Waals surface area contributed by atoms with E-state index in [0.29, 0.717) is 5.75 Å². The number of nitrogens with zero attached hydrogens (tertiary/aromatic N) is 4. The fourth-order valence-electron chi connectivity index (χ4n) is 1.22. The second kappa shape index (κ2) is 5.58. The highest BCUT2D eigenvalue weighted by atomic mass is 16.5. The van der Waals surface area contributed by atoms with Gasteiger partial charge >= 0.3 is 5.97 Å². The average molecular weight is 246 g/mol. The maximum atomic E-state index is 10.4. The van der Waals surface area contributed by atoms with E-state index in [4.69, 9.17) is 9.84 Å². The van der Waals surface area contributed by atoms with Gasteiger partial charge in [0.25, 0.3) is 0 Å². The van der Waals surface area contributed by atoms with E-state index >= 15 is 0 Å². The van der Waals surface area contributed by atoms with Crippen LogP contribution in [0.15, 0.2) is 42.0 Å². The van der Waals surface area contributed by atoms with Crippen molar-refractivity contribution in [2.45, 2.75) is 0 Å². The van der Waals surface area contributed by atoms with Crippen molar-refractivity contribution in [1.29, 1.82) is 0 Å². The van der Waals surface area contributed by atoms with E-state index in [1.807, 2.05) is 6.07 Å². The Morgan fingerprint density at radius 1 is 1.44 bits per heavy atom. The molecule has 0 saturated carbocycles. The Morgan fingerprint density at radius 2 is 2.22 bits per heavy atom. The lowest BCUT2D eigenvalue weighted by molar-refractivity contribution is -0.139. The molecular formula is C11H10N4O3. The molecule has 92 valence electrons. The van der Waals surface area contributed by atoms with Gasteiger partial charge in [-0.3, -0.25) is 0 Å². The van der Waals surface area contributed by atoms with Crippen LogP contribution < -0.4 is 4.74 Å². The first-order chi connectivity index (χ1) is 8.74. The number of benzene rings is 1. The molecule has 0 aliphatic heterocycles. The van der Waals surface area contributed by atoms with Crippen LogP contribution in [-0.4, -0.2) is 38.8 Å². The summed E-state index contributed by atoms with van der Waals surface area (Å²) in [5.74, 6) is -0.538. The molecule has 2 aromatic rings. The Kier molecular flexibility index (Phi) is 3.65. The van der Waals surface area contributed by atoms with Crippen LogP contribution in [0.2, 0.25) is 0 Å². The number of ether oxygens (including phenoxy) is 1. The zero-order chi connectivity index (χ0) is 12.8. The minimum atomic E-state index is -1.02. The molecule has 1 aromatic carbocycles. The third-order valence-electron chi connectivity index (χ3n) is 1.97. The van der Waals surface area contributed by atoms with Gasteiger partial charge in [-0.15, -0.1) is 10.2 Å². The Hall–Kier alpha value is -2.70. The van der Waals surface area contributed by atoms with Crippen LogP contribution in [0.5, 0.6) is 5.75 Å². The number of carbonyl (C=O) groups is 1. The fourth-order valence-corrected chi connectivity index (χ4v) is 1.22. The van der Waals surface area contributed by atoms with E-state index < -0.39 is 5.97 Å². The molecular weight excluding hydrogens is 236 g/mol. The lowest BCUT2D eigenvalue weighted by Crippen LogP contribution is -2.09. The van der Waals surface area contributed by atoms with Crippen LogP contribution in [0.25, 0.3) is 0 Å². The molecule has 0 bridgehead atoms. The second-order valence-electron chi connectivity index (χ2n) is 3.34. The number of hydrogen-bond donors (Lipinski definition) is 1. The summed E-state index contributed by atoms with van der Waals surface area (Å²) in [6.45, 7) is -0.369. The third-order valence-corrected chi connectivity index (χ3v) is 1.97. The van der Waals surface area contributed by atoms with E-state index in [1.54, 1.807) is 24.4 Å². The van der Waals surface area contributed by atoms with E-state index in [1.165, 1.54) is 17.3 Å². The van der Waals surface area contributed by atoms with Gasteiger partial charge in [0.05, 0.1) is 6.21 Å². The molecule has 7 heteroatoms. The summed E-state index contributed by atoms with van der Waals surface area (Å²) < 4.78 is 6.50. The van der Waals surface area contributed by atoms with Crippen molar-refractivity contribution in [3.63, 3.8) is 0 Å². The van der Waals surface area contributed by atoms with Crippen molar-refractivity contribution in [3.8, 4) is 5.75 Å². The minimum Gasteiger partial charge on any atom is -0.482 e. The molecule has 1 heterocycles.